The van der Waals surface area contributed by atoms with Crippen LogP contribution in [0.15, 0.2) is 0 Å². The SMILES string of the molecule is CCC(SC)C(=O)NC(CCO)C(C)C. The van der Waals surface area contributed by atoms with Crippen LogP contribution in [0.1, 0.15) is 33.6 Å². The molecule has 0 bridgehead atoms. The van der Waals surface area contributed by atoms with E-state index in [1.807, 2.05) is 13.2 Å². The van der Waals surface area contributed by atoms with E-state index in [0.717, 1.165) is 6.42 Å². The first-order valence-electron chi connectivity index (χ1n) is 5.50. The summed E-state index contributed by atoms with van der Waals surface area (Å²) in [6.45, 7) is 6.25. The van der Waals surface area contributed by atoms with Crippen LogP contribution < -0.4 is 5.32 Å². The summed E-state index contributed by atoms with van der Waals surface area (Å²) in [4.78, 5) is 11.8. The van der Waals surface area contributed by atoms with E-state index in [1.54, 1.807) is 11.8 Å². The summed E-state index contributed by atoms with van der Waals surface area (Å²) in [6, 6.07) is 0.0868. The second-order valence-electron chi connectivity index (χ2n) is 4.00. The van der Waals surface area contributed by atoms with Gasteiger partial charge in [0.05, 0.1) is 5.25 Å². The largest absolute Gasteiger partial charge is 0.396 e. The van der Waals surface area contributed by atoms with Gasteiger partial charge in [-0.15, -0.1) is 0 Å². The maximum atomic E-state index is 11.8. The van der Waals surface area contributed by atoms with Gasteiger partial charge in [-0.25, -0.2) is 0 Å². The van der Waals surface area contributed by atoms with Crippen LogP contribution in [-0.4, -0.2) is 35.2 Å². The number of hydrogen-bond acceptors (Lipinski definition) is 3. The lowest BCUT2D eigenvalue weighted by atomic mass is 10.0. The van der Waals surface area contributed by atoms with Crippen LogP contribution in [0.25, 0.3) is 0 Å². The zero-order chi connectivity index (χ0) is 11.8. The summed E-state index contributed by atoms with van der Waals surface area (Å²) < 4.78 is 0. The van der Waals surface area contributed by atoms with E-state index in [1.165, 1.54) is 0 Å². The minimum Gasteiger partial charge on any atom is -0.396 e. The highest BCUT2D eigenvalue weighted by Crippen LogP contribution is 2.13. The van der Waals surface area contributed by atoms with Crippen molar-refractivity contribution >= 4 is 17.7 Å². The summed E-state index contributed by atoms with van der Waals surface area (Å²) >= 11 is 1.58. The second kappa shape index (κ2) is 7.99. The number of thioether (sulfide) groups is 1. The molecule has 0 radical (unpaired) electrons. The first-order chi connectivity index (χ1) is 7.06. The Morgan fingerprint density at radius 3 is 2.40 bits per heavy atom. The van der Waals surface area contributed by atoms with Gasteiger partial charge in [-0.1, -0.05) is 20.8 Å². The fourth-order valence-corrected chi connectivity index (χ4v) is 2.06. The summed E-state index contributed by atoms with van der Waals surface area (Å²) in [5.41, 5.74) is 0. The average Bonchev–Trinajstić information content (AvgIpc) is 2.18. The quantitative estimate of drug-likeness (QED) is 0.703. The maximum absolute atomic E-state index is 11.8. The molecule has 0 saturated heterocycles. The van der Waals surface area contributed by atoms with Gasteiger partial charge in [-0.2, -0.15) is 11.8 Å². The molecule has 0 aromatic carbocycles. The number of carbonyl (C=O) groups is 1. The van der Waals surface area contributed by atoms with Gasteiger partial charge in [0, 0.05) is 12.6 Å². The van der Waals surface area contributed by atoms with Crippen molar-refractivity contribution in [2.45, 2.75) is 44.9 Å². The molecule has 3 nitrogen and oxygen atoms in total. The van der Waals surface area contributed by atoms with E-state index < -0.39 is 0 Å². The lowest BCUT2D eigenvalue weighted by molar-refractivity contribution is -0.121. The number of nitrogens with one attached hydrogen (secondary N) is 1. The van der Waals surface area contributed by atoms with Crippen molar-refractivity contribution < 1.29 is 9.90 Å². The highest BCUT2D eigenvalue weighted by Gasteiger charge is 2.20. The molecule has 0 heterocycles. The van der Waals surface area contributed by atoms with E-state index in [-0.39, 0.29) is 23.8 Å². The van der Waals surface area contributed by atoms with Crippen LogP contribution in [0, 0.1) is 5.92 Å². The van der Waals surface area contributed by atoms with Crippen LogP contribution >= 0.6 is 11.8 Å². The Balaban J connectivity index is 4.20. The lowest BCUT2D eigenvalue weighted by Gasteiger charge is -2.23. The minimum absolute atomic E-state index is 0.0324. The Morgan fingerprint density at radius 2 is 2.07 bits per heavy atom. The Morgan fingerprint density at radius 1 is 1.47 bits per heavy atom. The van der Waals surface area contributed by atoms with Crippen LogP contribution in [-0.2, 0) is 4.79 Å². The number of rotatable bonds is 7. The van der Waals surface area contributed by atoms with Gasteiger partial charge < -0.3 is 10.4 Å². The van der Waals surface area contributed by atoms with Crippen molar-refractivity contribution in [2.75, 3.05) is 12.9 Å². The average molecular weight is 233 g/mol. The number of hydrogen-bond donors (Lipinski definition) is 2. The van der Waals surface area contributed by atoms with Crippen molar-refractivity contribution in [3.63, 3.8) is 0 Å². The smallest absolute Gasteiger partial charge is 0.233 e. The highest BCUT2D eigenvalue weighted by molar-refractivity contribution is 7.99. The Bertz CT molecular complexity index is 181. The first-order valence-corrected chi connectivity index (χ1v) is 6.79. The number of aliphatic hydroxyl groups is 1. The third-order valence-corrected chi connectivity index (χ3v) is 3.64. The van der Waals surface area contributed by atoms with Crippen molar-refractivity contribution in [1.29, 1.82) is 0 Å². The van der Waals surface area contributed by atoms with Gasteiger partial charge >= 0.3 is 0 Å². The van der Waals surface area contributed by atoms with E-state index in [2.05, 4.69) is 19.2 Å². The number of aliphatic hydroxyl groups excluding tert-OH is 1. The zero-order valence-corrected chi connectivity index (χ0v) is 10.9. The molecule has 1 amide bonds. The molecule has 0 rings (SSSR count). The van der Waals surface area contributed by atoms with Crippen molar-refractivity contribution in [2.24, 2.45) is 5.92 Å². The minimum atomic E-state index is 0.0324. The Labute approximate surface area is 97.0 Å². The molecule has 2 unspecified atom stereocenters. The second-order valence-corrected chi connectivity index (χ2v) is 5.04. The van der Waals surface area contributed by atoms with Crippen molar-refractivity contribution in [3.05, 3.63) is 0 Å². The monoisotopic (exact) mass is 233 g/mol. The molecule has 4 heteroatoms. The van der Waals surface area contributed by atoms with E-state index >= 15 is 0 Å². The fraction of sp³-hybridized carbons (Fsp3) is 0.909. The third-order valence-electron chi connectivity index (χ3n) is 2.52. The van der Waals surface area contributed by atoms with Crippen molar-refractivity contribution in [1.82, 2.24) is 5.32 Å². The van der Waals surface area contributed by atoms with Crippen LogP contribution in [0.3, 0.4) is 0 Å². The van der Waals surface area contributed by atoms with Gasteiger partial charge in [-0.3, -0.25) is 4.79 Å². The summed E-state index contributed by atoms with van der Waals surface area (Å²) in [5.74, 6) is 0.456. The first kappa shape index (κ1) is 14.8. The molecule has 2 N–H and O–H groups in total. The molecule has 0 aliphatic carbocycles. The van der Waals surface area contributed by atoms with Crippen LogP contribution in [0.5, 0.6) is 0 Å². The van der Waals surface area contributed by atoms with Gasteiger partial charge in [0.2, 0.25) is 5.91 Å². The molecular formula is C11H23NO2S. The van der Waals surface area contributed by atoms with E-state index in [4.69, 9.17) is 5.11 Å². The maximum Gasteiger partial charge on any atom is 0.233 e. The summed E-state index contributed by atoms with van der Waals surface area (Å²) in [7, 11) is 0. The van der Waals surface area contributed by atoms with Crippen LogP contribution in [0.2, 0.25) is 0 Å². The van der Waals surface area contributed by atoms with Crippen molar-refractivity contribution in [3.8, 4) is 0 Å². The molecule has 0 spiro atoms. The highest BCUT2D eigenvalue weighted by atomic mass is 32.2. The lowest BCUT2D eigenvalue weighted by Crippen LogP contribution is -2.43. The number of carbonyl (C=O) groups excluding carboxylic acids is 1. The van der Waals surface area contributed by atoms with Gasteiger partial charge in [0.15, 0.2) is 0 Å². The Kier molecular flexibility index (Phi) is 7.88. The predicted molar refractivity (Wildman–Crippen MR) is 66.1 cm³/mol. The summed E-state index contributed by atoms with van der Waals surface area (Å²) in [5, 5.41) is 11.9. The molecule has 2 atom stereocenters. The van der Waals surface area contributed by atoms with Gasteiger partial charge in [0.25, 0.3) is 0 Å². The van der Waals surface area contributed by atoms with E-state index in [0.29, 0.717) is 12.3 Å². The van der Waals surface area contributed by atoms with Gasteiger partial charge in [-0.05, 0) is 25.0 Å². The molecule has 0 saturated carbocycles. The normalized spacial score (nSPS) is 15.1. The third kappa shape index (κ3) is 5.42. The predicted octanol–water partition coefficient (Wildman–Crippen LogP) is 1.65. The fourth-order valence-electron chi connectivity index (χ4n) is 1.45. The molecule has 0 aromatic heterocycles. The zero-order valence-electron chi connectivity index (χ0n) is 10.1. The van der Waals surface area contributed by atoms with Crippen LogP contribution in [0.4, 0.5) is 0 Å². The molecular weight excluding hydrogens is 210 g/mol. The standard InChI is InChI=1S/C11H23NO2S/c1-5-10(15-4)11(14)12-9(6-7-13)8(2)3/h8-10,13H,5-7H2,1-4H3,(H,12,14). The molecule has 15 heavy (non-hydrogen) atoms. The molecule has 90 valence electrons. The topological polar surface area (TPSA) is 49.3 Å². The molecule has 0 aliphatic rings. The van der Waals surface area contributed by atoms with E-state index in [9.17, 15) is 4.79 Å². The molecule has 0 aromatic rings. The Hall–Kier alpha value is -0.220. The van der Waals surface area contributed by atoms with Gasteiger partial charge in [0.1, 0.15) is 0 Å². The molecule has 0 aliphatic heterocycles. The molecule has 0 fully saturated rings. The number of amides is 1. The summed E-state index contributed by atoms with van der Waals surface area (Å²) in [6.07, 6.45) is 3.43.